The fraction of sp³-hybridized carbons (Fsp3) is 0.389. The molecule has 0 spiro atoms. The molecule has 0 fully saturated rings. The average Bonchev–Trinajstić information content (AvgIpc) is 3.07. The van der Waals surface area contributed by atoms with Crippen LogP contribution in [-0.2, 0) is 6.54 Å². The SMILES string of the molecule is CCNC(=NCc1sccc1C)NCC(O)COc1ccc([N+](=O)[O-])cc1. The molecule has 0 saturated carbocycles. The first-order valence-corrected chi connectivity index (χ1v) is 9.48. The van der Waals surface area contributed by atoms with Crippen LogP contribution in [0.2, 0.25) is 0 Å². The number of rotatable bonds is 9. The lowest BCUT2D eigenvalue weighted by Gasteiger charge is -2.16. The standard InChI is InChI=1S/C18H24N4O4S/c1-3-19-18(21-11-17-13(2)8-9-27-17)20-10-15(23)12-26-16-6-4-14(5-7-16)22(24)25/h4-9,15,23H,3,10-12H2,1-2H3,(H2,19,20,21). The van der Waals surface area contributed by atoms with Gasteiger partial charge in [0.15, 0.2) is 5.96 Å². The predicted molar refractivity (Wildman–Crippen MR) is 106 cm³/mol. The Balaban J connectivity index is 1.79. The molecule has 1 aromatic carbocycles. The number of hydrogen-bond donors (Lipinski definition) is 3. The van der Waals surface area contributed by atoms with Crippen molar-refractivity contribution in [2.75, 3.05) is 19.7 Å². The Morgan fingerprint density at radius 2 is 2.07 bits per heavy atom. The van der Waals surface area contributed by atoms with Crippen LogP contribution >= 0.6 is 11.3 Å². The number of nitro benzene ring substituents is 1. The number of ether oxygens (including phenoxy) is 1. The molecule has 0 amide bonds. The fourth-order valence-electron chi connectivity index (χ4n) is 2.19. The minimum absolute atomic E-state index is 0.00274. The highest BCUT2D eigenvalue weighted by molar-refractivity contribution is 7.10. The van der Waals surface area contributed by atoms with E-state index in [2.05, 4.69) is 28.6 Å². The highest BCUT2D eigenvalue weighted by Crippen LogP contribution is 2.17. The number of aryl methyl sites for hydroxylation is 1. The van der Waals surface area contributed by atoms with E-state index in [4.69, 9.17) is 4.74 Å². The molecule has 0 aliphatic rings. The van der Waals surface area contributed by atoms with Crippen molar-refractivity contribution in [3.63, 3.8) is 0 Å². The molecule has 2 rings (SSSR count). The van der Waals surface area contributed by atoms with E-state index in [1.54, 1.807) is 11.3 Å². The molecule has 8 nitrogen and oxygen atoms in total. The van der Waals surface area contributed by atoms with Crippen LogP contribution in [0, 0.1) is 17.0 Å². The van der Waals surface area contributed by atoms with Crippen molar-refractivity contribution in [3.8, 4) is 5.75 Å². The lowest BCUT2D eigenvalue weighted by atomic mass is 10.3. The van der Waals surface area contributed by atoms with Gasteiger partial charge in [-0.2, -0.15) is 0 Å². The molecule has 1 unspecified atom stereocenters. The van der Waals surface area contributed by atoms with Crippen molar-refractivity contribution < 1.29 is 14.8 Å². The van der Waals surface area contributed by atoms with Gasteiger partial charge in [-0.25, -0.2) is 4.99 Å². The van der Waals surface area contributed by atoms with Gasteiger partial charge in [-0.3, -0.25) is 10.1 Å². The number of aliphatic imine (C=N–C) groups is 1. The maximum Gasteiger partial charge on any atom is 0.269 e. The molecule has 0 saturated heterocycles. The molecule has 27 heavy (non-hydrogen) atoms. The van der Waals surface area contributed by atoms with Crippen molar-refractivity contribution in [3.05, 3.63) is 56.3 Å². The topological polar surface area (TPSA) is 109 Å². The lowest BCUT2D eigenvalue weighted by Crippen LogP contribution is -2.42. The van der Waals surface area contributed by atoms with Crippen molar-refractivity contribution in [1.82, 2.24) is 10.6 Å². The third-order valence-corrected chi connectivity index (χ3v) is 4.70. The first-order chi connectivity index (χ1) is 13.0. The molecule has 1 atom stereocenters. The van der Waals surface area contributed by atoms with Gasteiger partial charge in [0.1, 0.15) is 18.5 Å². The Labute approximate surface area is 162 Å². The number of benzene rings is 1. The van der Waals surface area contributed by atoms with E-state index in [1.807, 2.05) is 12.3 Å². The van der Waals surface area contributed by atoms with Crippen molar-refractivity contribution in [1.29, 1.82) is 0 Å². The highest BCUT2D eigenvalue weighted by atomic mass is 32.1. The molecule has 1 heterocycles. The quantitative estimate of drug-likeness (QED) is 0.262. The van der Waals surface area contributed by atoms with E-state index in [-0.39, 0.29) is 18.8 Å². The number of aliphatic hydroxyl groups excluding tert-OH is 1. The number of nitrogens with one attached hydrogen (secondary N) is 2. The summed E-state index contributed by atoms with van der Waals surface area (Å²) in [6.45, 7) is 5.65. The minimum Gasteiger partial charge on any atom is -0.491 e. The lowest BCUT2D eigenvalue weighted by molar-refractivity contribution is -0.384. The van der Waals surface area contributed by atoms with Crippen LogP contribution in [0.25, 0.3) is 0 Å². The third kappa shape index (κ3) is 6.87. The summed E-state index contributed by atoms with van der Waals surface area (Å²) in [5, 5.41) is 29.0. The largest absolute Gasteiger partial charge is 0.491 e. The number of guanidine groups is 1. The number of nitrogens with zero attached hydrogens (tertiary/aromatic N) is 2. The molecule has 0 aliphatic heterocycles. The summed E-state index contributed by atoms with van der Waals surface area (Å²) in [7, 11) is 0. The summed E-state index contributed by atoms with van der Waals surface area (Å²) in [5.74, 6) is 1.09. The van der Waals surface area contributed by atoms with E-state index in [0.717, 1.165) is 0 Å². The van der Waals surface area contributed by atoms with Gasteiger partial charge in [0.25, 0.3) is 5.69 Å². The summed E-state index contributed by atoms with van der Waals surface area (Å²) < 4.78 is 5.46. The van der Waals surface area contributed by atoms with Gasteiger partial charge in [0.05, 0.1) is 11.5 Å². The monoisotopic (exact) mass is 392 g/mol. The van der Waals surface area contributed by atoms with Crippen LogP contribution in [0.5, 0.6) is 5.75 Å². The number of hydrogen-bond acceptors (Lipinski definition) is 6. The first-order valence-electron chi connectivity index (χ1n) is 8.60. The number of nitro groups is 1. The average molecular weight is 392 g/mol. The molecule has 2 aromatic rings. The molecule has 1 aromatic heterocycles. The highest BCUT2D eigenvalue weighted by Gasteiger charge is 2.09. The van der Waals surface area contributed by atoms with Gasteiger partial charge in [-0.05, 0) is 43.0 Å². The Hall–Kier alpha value is -2.65. The maximum absolute atomic E-state index is 10.6. The van der Waals surface area contributed by atoms with E-state index >= 15 is 0 Å². The van der Waals surface area contributed by atoms with Gasteiger partial charge >= 0.3 is 0 Å². The van der Waals surface area contributed by atoms with Crippen LogP contribution in [-0.4, -0.2) is 41.8 Å². The molecule has 9 heteroatoms. The second-order valence-corrected chi connectivity index (χ2v) is 6.82. The van der Waals surface area contributed by atoms with Crippen molar-refractivity contribution in [2.24, 2.45) is 4.99 Å². The fourth-order valence-corrected chi connectivity index (χ4v) is 3.02. The molecule has 0 aliphatic carbocycles. The van der Waals surface area contributed by atoms with Crippen molar-refractivity contribution >= 4 is 23.0 Å². The van der Waals surface area contributed by atoms with E-state index in [1.165, 1.54) is 34.7 Å². The van der Waals surface area contributed by atoms with Crippen LogP contribution < -0.4 is 15.4 Å². The first kappa shape index (κ1) is 20.7. The van der Waals surface area contributed by atoms with Crippen LogP contribution in [0.15, 0.2) is 40.7 Å². The molecule has 3 N–H and O–H groups in total. The maximum atomic E-state index is 10.6. The van der Waals surface area contributed by atoms with Crippen LogP contribution in [0.1, 0.15) is 17.4 Å². The van der Waals surface area contributed by atoms with E-state index in [0.29, 0.717) is 24.8 Å². The van der Waals surface area contributed by atoms with E-state index < -0.39 is 11.0 Å². The van der Waals surface area contributed by atoms with Gasteiger partial charge in [-0.1, -0.05) is 0 Å². The zero-order valence-electron chi connectivity index (χ0n) is 15.3. The number of aliphatic hydroxyl groups is 1. The number of non-ortho nitro benzene ring substituents is 1. The Morgan fingerprint density at radius 3 is 2.67 bits per heavy atom. The zero-order chi connectivity index (χ0) is 19.6. The Morgan fingerprint density at radius 1 is 1.33 bits per heavy atom. The van der Waals surface area contributed by atoms with Crippen molar-refractivity contribution in [2.45, 2.75) is 26.5 Å². The predicted octanol–water partition coefficient (Wildman–Crippen LogP) is 2.46. The molecular weight excluding hydrogens is 368 g/mol. The molecule has 0 bridgehead atoms. The summed E-state index contributed by atoms with van der Waals surface area (Å²) in [6, 6.07) is 7.81. The smallest absolute Gasteiger partial charge is 0.269 e. The van der Waals surface area contributed by atoms with Gasteiger partial charge in [0.2, 0.25) is 0 Å². The summed E-state index contributed by atoms with van der Waals surface area (Å²) in [4.78, 5) is 15.9. The number of thiophene rings is 1. The Kier molecular flexibility index (Phi) is 8.02. The van der Waals surface area contributed by atoms with Crippen LogP contribution in [0.4, 0.5) is 5.69 Å². The normalized spacial score (nSPS) is 12.5. The molecule has 146 valence electrons. The van der Waals surface area contributed by atoms with Gasteiger partial charge < -0.3 is 20.5 Å². The summed E-state index contributed by atoms with van der Waals surface area (Å²) >= 11 is 1.67. The van der Waals surface area contributed by atoms with Gasteiger partial charge in [-0.15, -0.1) is 11.3 Å². The molecule has 0 radical (unpaired) electrons. The third-order valence-electron chi connectivity index (χ3n) is 3.69. The van der Waals surface area contributed by atoms with Gasteiger partial charge in [0, 0.05) is 30.1 Å². The second kappa shape index (κ2) is 10.5. The van der Waals surface area contributed by atoms with Crippen LogP contribution in [0.3, 0.4) is 0 Å². The summed E-state index contributed by atoms with van der Waals surface area (Å²) in [5.41, 5.74) is 1.22. The minimum atomic E-state index is -0.757. The van der Waals surface area contributed by atoms with E-state index in [9.17, 15) is 15.2 Å². The molecular formula is C18H24N4O4S. The second-order valence-electron chi connectivity index (χ2n) is 5.82. The zero-order valence-corrected chi connectivity index (χ0v) is 16.2. The summed E-state index contributed by atoms with van der Waals surface area (Å²) in [6.07, 6.45) is -0.757. The Bertz CT molecular complexity index is 761.